The molecular formula is C17H25FIN5S. The van der Waals surface area contributed by atoms with Crippen LogP contribution in [0.2, 0.25) is 0 Å². The molecule has 2 aromatic rings. The van der Waals surface area contributed by atoms with Gasteiger partial charge in [0.25, 0.3) is 0 Å². The van der Waals surface area contributed by atoms with E-state index in [-0.39, 0.29) is 29.8 Å². The lowest BCUT2D eigenvalue weighted by Crippen LogP contribution is -2.37. The zero-order valence-electron chi connectivity index (χ0n) is 14.5. The minimum atomic E-state index is -0.271. The zero-order chi connectivity index (χ0) is 17.2. The summed E-state index contributed by atoms with van der Waals surface area (Å²) in [4.78, 5) is 8.12. The van der Waals surface area contributed by atoms with Crippen LogP contribution in [0.3, 0.4) is 0 Å². The van der Waals surface area contributed by atoms with Crippen LogP contribution in [0.5, 0.6) is 0 Å². The van der Waals surface area contributed by atoms with Crippen LogP contribution in [0.15, 0.2) is 41.9 Å². The van der Waals surface area contributed by atoms with Crippen LogP contribution in [0.25, 0.3) is 5.69 Å². The van der Waals surface area contributed by atoms with Crippen LogP contribution >= 0.6 is 35.7 Å². The molecule has 8 heteroatoms. The molecule has 0 aliphatic carbocycles. The number of imidazole rings is 1. The molecule has 1 heterocycles. The van der Waals surface area contributed by atoms with Gasteiger partial charge in [-0.25, -0.2) is 9.37 Å². The molecule has 0 aliphatic heterocycles. The number of rotatable bonds is 8. The van der Waals surface area contributed by atoms with Gasteiger partial charge in [-0.05, 0) is 42.5 Å². The Labute approximate surface area is 169 Å². The van der Waals surface area contributed by atoms with Crippen molar-refractivity contribution in [2.24, 2.45) is 4.99 Å². The standard InChI is InChI=1S/C17H24FN5S.HI/c1-19-17(21-7-3-4-10-24-2)22-12-14-5-6-16(15(18)11-14)23-9-8-20-13-23;/h5-6,8-9,11,13H,3-4,7,10,12H2,1-2H3,(H2,19,21,22);1H. The third-order valence-corrected chi connectivity index (χ3v) is 4.24. The molecule has 0 saturated heterocycles. The Balaban J connectivity index is 0.00000312. The van der Waals surface area contributed by atoms with E-state index < -0.39 is 0 Å². The van der Waals surface area contributed by atoms with E-state index >= 15 is 0 Å². The van der Waals surface area contributed by atoms with Crippen LogP contribution in [-0.2, 0) is 6.54 Å². The van der Waals surface area contributed by atoms with E-state index in [4.69, 9.17) is 0 Å². The molecule has 1 aromatic carbocycles. The Morgan fingerprint density at radius 2 is 2.16 bits per heavy atom. The third-order valence-electron chi connectivity index (χ3n) is 3.55. The Morgan fingerprint density at radius 1 is 1.32 bits per heavy atom. The number of unbranched alkanes of at least 4 members (excludes halogenated alkanes) is 1. The average Bonchev–Trinajstić information content (AvgIpc) is 3.11. The lowest BCUT2D eigenvalue weighted by atomic mass is 10.2. The number of guanidine groups is 1. The Hall–Kier alpha value is -1.29. The van der Waals surface area contributed by atoms with Crippen molar-refractivity contribution in [1.82, 2.24) is 20.2 Å². The van der Waals surface area contributed by atoms with Crippen LogP contribution in [0.1, 0.15) is 18.4 Å². The van der Waals surface area contributed by atoms with E-state index in [1.54, 1.807) is 36.4 Å². The quantitative estimate of drug-likeness (QED) is 0.265. The van der Waals surface area contributed by atoms with Crippen LogP contribution in [0.4, 0.5) is 4.39 Å². The molecule has 2 rings (SSSR count). The molecule has 0 unspecified atom stereocenters. The summed E-state index contributed by atoms with van der Waals surface area (Å²) < 4.78 is 15.9. The van der Waals surface area contributed by atoms with Crippen molar-refractivity contribution in [2.45, 2.75) is 19.4 Å². The number of thioether (sulfide) groups is 1. The third kappa shape index (κ3) is 7.23. The van der Waals surface area contributed by atoms with Gasteiger partial charge >= 0.3 is 0 Å². The molecule has 0 radical (unpaired) electrons. The van der Waals surface area contributed by atoms with Gasteiger partial charge in [-0.2, -0.15) is 11.8 Å². The van der Waals surface area contributed by atoms with Crippen LogP contribution in [-0.4, -0.2) is 41.1 Å². The Kier molecular flexibility index (Phi) is 10.6. The number of hydrogen-bond donors (Lipinski definition) is 2. The van der Waals surface area contributed by atoms with Crippen LogP contribution in [0, 0.1) is 5.82 Å². The van der Waals surface area contributed by atoms with E-state index in [9.17, 15) is 4.39 Å². The molecule has 0 spiro atoms. The molecule has 0 bridgehead atoms. The van der Waals surface area contributed by atoms with Gasteiger partial charge in [0.1, 0.15) is 5.82 Å². The topological polar surface area (TPSA) is 54.2 Å². The van der Waals surface area contributed by atoms with Gasteiger partial charge in [0.2, 0.25) is 0 Å². The number of benzene rings is 1. The van der Waals surface area contributed by atoms with Crippen molar-refractivity contribution in [3.8, 4) is 5.69 Å². The molecule has 25 heavy (non-hydrogen) atoms. The molecule has 0 aliphatic rings. The van der Waals surface area contributed by atoms with E-state index in [0.29, 0.717) is 12.2 Å². The van der Waals surface area contributed by atoms with Crippen LogP contribution < -0.4 is 10.6 Å². The first-order valence-electron chi connectivity index (χ1n) is 7.95. The van der Waals surface area contributed by atoms with Gasteiger partial charge in [0.05, 0.1) is 12.0 Å². The highest BCUT2D eigenvalue weighted by molar-refractivity contribution is 14.0. The largest absolute Gasteiger partial charge is 0.356 e. The summed E-state index contributed by atoms with van der Waals surface area (Å²) in [5, 5.41) is 6.48. The van der Waals surface area contributed by atoms with Crippen molar-refractivity contribution in [2.75, 3.05) is 25.6 Å². The zero-order valence-corrected chi connectivity index (χ0v) is 17.7. The summed E-state index contributed by atoms with van der Waals surface area (Å²) in [5.74, 6) is 1.64. The number of nitrogens with one attached hydrogen (secondary N) is 2. The van der Waals surface area contributed by atoms with Gasteiger partial charge in [-0.1, -0.05) is 6.07 Å². The molecule has 5 nitrogen and oxygen atoms in total. The van der Waals surface area contributed by atoms with E-state index in [2.05, 4.69) is 26.9 Å². The van der Waals surface area contributed by atoms with Crippen molar-refractivity contribution in [1.29, 1.82) is 0 Å². The molecule has 0 amide bonds. The van der Waals surface area contributed by atoms with Gasteiger partial charge in [-0.15, -0.1) is 24.0 Å². The minimum Gasteiger partial charge on any atom is -0.356 e. The number of hydrogen-bond acceptors (Lipinski definition) is 3. The second kappa shape index (κ2) is 12.1. The number of aliphatic imine (C=N–C) groups is 1. The fraction of sp³-hybridized carbons (Fsp3) is 0.412. The maximum absolute atomic E-state index is 14.2. The van der Waals surface area contributed by atoms with E-state index in [1.165, 1.54) is 18.2 Å². The average molecular weight is 477 g/mol. The maximum Gasteiger partial charge on any atom is 0.191 e. The number of nitrogens with zero attached hydrogens (tertiary/aromatic N) is 3. The van der Waals surface area contributed by atoms with Crippen molar-refractivity contribution in [3.63, 3.8) is 0 Å². The second-order valence-corrected chi connectivity index (χ2v) is 6.29. The lowest BCUT2D eigenvalue weighted by Gasteiger charge is -2.12. The Bertz CT molecular complexity index is 648. The van der Waals surface area contributed by atoms with Crippen molar-refractivity contribution < 1.29 is 4.39 Å². The molecule has 0 atom stereocenters. The summed E-state index contributed by atoms with van der Waals surface area (Å²) in [6.07, 6.45) is 9.34. The van der Waals surface area contributed by atoms with Gasteiger partial charge in [0.15, 0.2) is 5.96 Å². The smallest absolute Gasteiger partial charge is 0.191 e. The molecule has 138 valence electrons. The fourth-order valence-corrected chi connectivity index (χ4v) is 2.75. The Morgan fingerprint density at radius 3 is 2.80 bits per heavy atom. The molecule has 1 aromatic heterocycles. The minimum absolute atomic E-state index is 0. The highest BCUT2D eigenvalue weighted by atomic mass is 127. The maximum atomic E-state index is 14.2. The highest BCUT2D eigenvalue weighted by Gasteiger charge is 2.06. The van der Waals surface area contributed by atoms with Gasteiger partial charge in [-0.3, -0.25) is 4.99 Å². The van der Waals surface area contributed by atoms with Crippen molar-refractivity contribution in [3.05, 3.63) is 48.3 Å². The fourth-order valence-electron chi connectivity index (χ4n) is 2.26. The molecule has 0 fully saturated rings. The summed E-state index contributed by atoms with van der Waals surface area (Å²) >= 11 is 1.86. The predicted molar refractivity (Wildman–Crippen MR) is 115 cm³/mol. The van der Waals surface area contributed by atoms with E-state index in [1.807, 2.05) is 17.8 Å². The summed E-state index contributed by atoms with van der Waals surface area (Å²) in [6, 6.07) is 5.19. The molecule has 0 saturated carbocycles. The number of aromatic nitrogens is 2. The normalized spacial score (nSPS) is 11.1. The predicted octanol–water partition coefficient (Wildman–Crippen LogP) is 3.44. The molecular weight excluding hydrogens is 452 g/mol. The number of halogens is 2. The first-order valence-corrected chi connectivity index (χ1v) is 9.34. The second-order valence-electron chi connectivity index (χ2n) is 5.31. The van der Waals surface area contributed by atoms with Crippen molar-refractivity contribution >= 4 is 41.7 Å². The lowest BCUT2D eigenvalue weighted by molar-refractivity contribution is 0.614. The first kappa shape index (κ1) is 21.8. The van der Waals surface area contributed by atoms with Gasteiger partial charge in [0, 0.05) is 32.5 Å². The first-order chi connectivity index (χ1) is 11.7. The van der Waals surface area contributed by atoms with Gasteiger partial charge < -0.3 is 15.2 Å². The summed E-state index contributed by atoms with van der Waals surface area (Å²) in [6.45, 7) is 1.40. The highest BCUT2D eigenvalue weighted by Crippen LogP contribution is 2.14. The monoisotopic (exact) mass is 477 g/mol. The van der Waals surface area contributed by atoms with E-state index in [0.717, 1.165) is 24.5 Å². The summed E-state index contributed by atoms with van der Waals surface area (Å²) in [7, 11) is 1.74. The molecule has 2 N–H and O–H groups in total. The SMILES string of the molecule is CN=C(NCCCCSC)NCc1ccc(-n2ccnc2)c(F)c1.I. The summed E-state index contributed by atoms with van der Waals surface area (Å²) in [5.41, 5.74) is 1.36.